The number of rotatable bonds is 5. The molecule has 0 aromatic heterocycles. The number of hydrogen-bond acceptors (Lipinski definition) is 6. The van der Waals surface area contributed by atoms with Crippen molar-refractivity contribution in [3.63, 3.8) is 0 Å². The van der Waals surface area contributed by atoms with E-state index in [9.17, 15) is 9.59 Å². The normalized spacial score (nSPS) is 20.2. The molecule has 2 amide bonds. The summed E-state index contributed by atoms with van der Waals surface area (Å²) in [4.78, 5) is 27.4. The summed E-state index contributed by atoms with van der Waals surface area (Å²) < 4.78 is 15.5. The number of carbonyl (C=O) groups excluding carboxylic acids is 2. The summed E-state index contributed by atoms with van der Waals surface area (Å²) in [6, 6.07) is 5.68. The maximum absolute atomic E-state index is 12.6. The standard InChI is InChI=1S/C16H20N2O5S/c1-21-12-4-3-11(9-13(12)22-2)15-18(6-8-24-15)14(19)10-17-5-7-23-16(17)20/h3-4,9,15H,5-8,10H2,1-2H3. The summed E-state index contributed by atoms with van der Waals surface area (Å²) in [5.74, 6) is 2.08. The van der Waals surface area contributed by atoms with Crippen molar-refractivity contribution in [2.75, 3.05) is 46.2 Å². The van der Waals surface area contributed by atoms with Crippen LogP contribution in [0, 0.1) is 0 Å². The van der Waals surface area contributed by atoms with E-state index < -0.39 is 6.09 Å². The van der Waals surface area contributed by atoms with Gasteiger partial charge in [-0.2, -0.15) is 0 Å². The third-order valence-corrected chi connectivity index (χ3v) is 5.34. The first-order valence-electron chi connectivity index (χ1n) is 7.68. The van der Waals surface area contributed by atoms with Crippen LogP contribution in [0.3, 0.4) is 0 Å². The van der Waals surface area contributed by atoms with E-state index in [1.54, 1.807) is 30.9 Å². The van der Waals surface area contributed by atoms with Gasteiger partial charge in [-0.15, -0.1) is 11.8 Å². The van der Waals surface area contributed by atoms with E-state index in [0.717, 1.165) is 11.3 Å². The monoisotopic (exact) mass is 352 g/mol. The van der Waals surface area contributed by atoms with Crippen molar-refractivity contribution in [2.45, 2.75) is 5.37 Å². The molecule has 2 aliphatic heterocycles. The summed E-state index contributed by atoms with van der Waals surface area (Å²) in [6.07, 6.45) is -0.419. The predicted octanol–water partition coefficient (Wildman–Crippen LogP) is 1.73. The van der Waals surface area contributed by atoms with Gasteiger partial charge in [0.15, 0.2) is 11.5 Å². The molecule has 0 bridgehead atoms. The van der Waals surface area contributed by atoms with Gasteiger partial charge in [0.05, 0.1) is 20.8 Å². The van der Waals surface area contributed by atoms with Crippen LogP contribution in [0.4, 0.5) is 4.79 Å². The predicted molar refractivity (Wildman–Crippen MR) is 89.4 cm³/mol. The molecule has 24 heavy (non-hydrogen) atoms. The van der Waals surface area contributed by atoms with Crippen LogP contribution in [-0.4, -0.2) is 68.0 Å². The van der Waals surface area contributed by atoms with Gasteiger partial charge in [-0.25, -0.2) is 4.79 Å². The third-order valence-electron chi connectivity index (χ3n) is 4.08. The second-order valence-electron chi connectivity index (χ2n) is 5.46. The minimum Gasteiger partial charge on any atom is -0.493 e. The Kier molecular flexibility index (Phi) is 5.03. The van der Waals surface area contributed by atoms with E-state index in [0.29, 0.717) is 31.2 Å². The Morgan fingerprint density at radius 1 is 1.29 bits per heavy atom. The lowest BCUT2D eigenvalue weighted by molar-refractivity contribution is -0.131. The van der Waals surface area contributed by atoms with E-state index in [2.05, 4.69) is 0 Å². The van der Waals surface area contributed by atoms with Crippen LogP contribution in [0.25, 0.3) is 0 Å². The molecule has 3 rings (SSSR count). The number of carbonyl (C=O) groups is 2. The number of ether oxygens (including phenoxy) is 3. The summed E-state index contributed by atoms with van der Waals surface area (Å²) in [5, 5.41) is -0.0871. The topological polar surface area (TPSA) is 68.3 Å². The van der Waals surface area contributed by atoms with Crippen LogP contribution in [0.5, 0.6) is 11.5 Å². The van der Waals surface area contributed by atoms with Gasteiger partial charge in [-0.05, 0) is 17.7 Å². The van der Waals surface area contributed by atoms with Gasteiger partial charge < -0.3 is 19.1 Å². The number of nitrogens with zero attached hydrogens (tertiary/aromatic N) is 2. The zero-order valence-corrected chi connectivity index (χ0v) is 14.5. The van der Waals surface area contributed by atoms with Crippen molar-refractivity contribution in [1.82, 2.24) is 9.80 Å². The largest absolute Gasteiger partial charge is 0.493 e. The molecule has 0 aliphatic carbocycles. The average Bonchev–Trinajstić information content (AvgIpc) is 3.23. The molecular weight excluding hydrogens is 332 g/mol. The van der Waals surface area contributed by atoms with Crippen molar-refractivity contribution >= 4 is 23.8 Å². The van der Waals surface area contributed by atoms with Crippen LogP contribution in [-0.2, 0) is 9.53 Å². The highest BCUT2D eigenvalue weighted by molar-refractivity contribution is 7.99. The van der Waals surface area contributed by atoms with Crippen LogP contribution in [0.2, 0.25) is 0 Å². The Labute approximate surface area is 144 Å². The number of cyclic esters (lactones) is 1. The number of benzene rings is 1. The SMILES string of the molecule is COc1ccc(C2SCCN2C(=O)CN2CCOC2=O)cc1OC. The number of methoxy groups -OCH3 is 2. The number of amides is 2. The minimum atomic E-state index is -0.419. The zero-order valence-electron chi connectivity index (χ0n) is 13.7. The quantitative estimate of drug-likeness (QED) is 0.804. The van der Waals surface area contributed by atoms with Gasteiger partial charge in [-0.3, -0.25) is 9.69 Å². The lowest BCUT2D eigenvalue weighted by Crippen LogP contribution is -2.40. The first kappa shape index (κ1) is 16.8. The fourth-order valence-electron chi connectivity index (χ4n) is 2.83. The van der Waals surface area contributed by atoms with Crippen molar-refractivity contribution in [3.05, 3.63) is 23.8 Å². The molecule has 2 heterocycles. The molecule has 1 atom stereocenters. The van der Waals surface area contributed by atoms with E-state index >= 15 is 0 Å². The molecule has 0 saturated carbocycles. The third kappa shape index (κ3) is 3.24. The average molecular weight is 352 g/mol. The zero-order chi connectivity index (χ0) is 17.1. The molecule has 8 heteroatoms. The van der Waals surface area contributed by atoms with E-state index in [-0.39, 0.29) is 17.8 Å². The van der Waals surface area contributed by atoms with Crippen molar-refractivity contribution < 1.29 is 23.8 Å². The summed E-state index contributed by atoms with van der Waals surface area (Å²) >= 11 is 1.70. The second kappa shape index (κ2) is 7.21. The fraction of sp³-hybridized carbons (Fsp3) is 0.500. The first-order chi connectivity index (χ1) is 11.6. The minimum absolute atomic E-state index is 0.0587. The molecule has 7 nitrogen and oxygen atoms in total. The van der Waals surface area contributed by atoms with Crippen molar-refractivity contribution in [1.29, 1.82) is 0 Å². The molecule has 1 aromatic carbocycles. The van der Waals surface area contributed by atoms with E-state index in [1.165, 1.54) is 4.90 Å². The van der Waals surface area contributed by atoms with Gasteiger partial charge >= 0.3 is 6.09 Å². The molecule has 1 unspecified atom stereocenters. The van der Waals surface area contributed by atoms with Gasteiger partial charge in [0.25, 0.3) is 0 Å². The van der Waals surface area contributed by atoms with Crippen LogP contribution in [0.1, 0.15) is 10.9 Å². The van der Waals surface area contributed by atoms with Crippen LogP contribution >= 0.6 is 11.8 Å². The van der Waals surface area contributed by atoms with Crippen LogP contribution < -0.4 is 9.47 Å². The molecule has 0 N–H and O–H groups in total. The maximum Gasteiger partial charge on any atom is 0.410 e. The molecule has 0 radical (unpaired) electrons. The van der Waals surface area contributed by atoms with Gasteiger partial charge in [0.1, 0.15) is 18.5 Å². The fourth-order valence-corrected chi connectivity index (χ4v) is 4.10. The molecular formula is C16H20N2O5S. The van der Waals surface area contributed by atoms with Crippen LogP contribution in [0.15, 0.2) is 18.2 Å². The highest BCUT2D eigenvalue weighted by atomic mass is 32.2. The number of hydrogen-bond donors (Lipinski definition) is 0. The molecule has 2 saturated heterocycles. The maximum atomic E-state index is 12.6. The van der Waals surface area contributed by atoms with Gasteiger partial charge in [-0.1, -0.05) is 6.07 Å². The molecule has 130 valence electrons. The molecule has 1 aromatic rings. The lowest BCUT2D eigenvalue weighted by atomic mass is 10.1. The number of thioether (sulfide) groups is 1. The summed E-state index contributed by atoms with van der Waals surface area (Å²) in [6.45, 7) is 1.53. The Morgan fingerprint density at radius 3 is 2.75 bits per heavy atom. The molecule has 0 spiro atoms. The lowest BCUT2D eigenvalue weighted by Gasteiger charge is -2.26. The van der Waals surface area contributed by atoms with Crippen molar-refractivity contribution in [3.8, 4) is 11.5 Å². The Balaban J connectivity index is 1.75. The Bertz CT molecular complexity index is 639. The smallest absolute Gasteiger partial charge is 0.410 e. The molecule has 2 fully saturated rings. The van der Waals surface area contributed by atoms with E-state index in [4.69, 9.17) is 14.2 Å². The highest BCUT2D eigenvalue weighted by Gasteiger charge is 2.34. The van der Waals surface area contributed by atoms with Gasteiger partial charge in [0, 0.05) is 12.3 Å². The first-order valence-corrected chi connectivity index (χ1v) is 8.73. The molecule has 2 aliphatic rings. The second-order valence-corrected chi connectivity index (χ2v) is 6.65. The Hall–Kier alpha value is -2.09. The van der Waals surface area contributed by atoms with E-state index in [1.807, 2.05) is 18.2 Å². The van der Waals surface area contributed by atoms with Gasteiger partial charge in [0.2, 0.25) is 5.91 Å². The highest BCUT2D eigenvalue weighted by Crippen LogP contribution is 2.41. The summed E-state index contributed by atoms with van der Waals surface area (Å²) in [5.41, 5.74) is 0.979. The van der Waals surface area contributed by atoms with Crippen molar-refractivity contribution in [2.24, 2.45) is 0 Å². The summed E-state index contributed by atoms with van der Waals surface area (Å²) in [7, 11) is 3.18. The Morgan fingerprint density at radius 2 is 2.08 bits per heavy atom.